The number of carbonyl (C=O) groups is 1. The molecule has 76 valence electrons. The van der Waals surface area contributed by atoms with Gasteiger partial charge in [0.05, 0.1) is 13.2 Å². The van der Waals surface area contributed by atoms with Gasteiger partial charge in [-0.25, -0.2) is 0 Å². The van der Waals surface area contributed by atoms with E-state index in [1.54, 1.807) is 0 Å². The Morgan fingerprint density at radius 2 is 2.15 bits per heavy atom. The molecule has 0 aliphatic carbocycles. The molecule has 3 heteroatoms. The van der Waals surface area contributed by atoms with Gasteiger partial charge in [0.1, 0.15) is 0 Å². The summed E-state index contributed by atoms with van der Waals surface area (Å²) in [7, 11) is 0. The minimum Gasteiger partial charge on any atom is -0.326 e. The molecule has 1 unspecified atom stereocenters. The zero-order valence-electron chi connectivity index (χ0n) is 9.05. The molecule has 0 spiro atoms. The van der Waals surface area contributed by atoms with Crippen LogP contribution in [0, 0.1) is 5.41 Å². The molecular weight excluding hydrogens is 164 g/mol. The first kappa shape index (κ1) is 10.5. The van der Waals surface area contributed by atoms with Crippen molar-refractivity contribution in [3.63, 3.8) is 0 Å². The monoisotopic (exact) mass is 184 g/mol. The molecule has 0 radical (unpaired) electrons. The van der Waals surface area contributed by atoms with Crippen LogP contribution in [0.5, 0.6) is 0 Å². The van der Waals surface area contributed by atoms with Crippen molar-refractivity contribution in [2.24, 2.45) is 5.41 Å². The average molecular weight is 184 g/mol. The van der Waals surface area contributed by atoms with Gasteiger partial charge >= 0.3 is 0 Å². The molecule has 1 N–H and O–H groups in total. The van der Waals surface area contributed by atoms with Crippen molar-refractivity contribution in [3.8, 4) is 0 Å². The Morgan fingerprint density at radius 1 is 1.54 bits per heavy atom. The average Bonchev–Trinajstić information content (AvgIpc) is 2.30. The standard InChI is InChI=1S/C10H20N2O/c1-8(5-10(2,3)4)12-7-11-6-9(12)13/h8,11H,5-7H2,1-4H3. The molecule has 1 rings (SSSR count). The first-order valence-corrected chi connectivity index (χ1v) is 4.90. The highest BCUT2D eigenvalue weighted by Gasteiger charge is 2.27. The van der Waals surface area contributed by atoms with E-state index in [9.17, 15) is 4.79 Å². The summed E-state index contributed by atoms with van der Waals surface area (Å²) >= 11 is 0. The SMILES string of the molecule is CC(CC(C)(C)C)N1CNCC1=O. The molecule has 3 nitrogen and oxygen atoms in total. The molecule has 1 atom stereocenters. The number of carbonyl (C=O) groups excluding carboxylic acids is 1. The van der Waals surface area contributed by atoms with Gasteiger partial charge in [0.2, 0.25) is 5.91 Å². The molecule has 13 heavy (non-hydrogen) atoms. The van der Waals surface area contributed by atoms with Crippen LogP contribution in [0.4, 0.5) is 0 Å². The quantitative estimate of drug-likeness (QED) is 0.699. The van der Waals surface area contributed by atoms with Crippen molar-refractivity contribution in [1.29, 1.82) is 0 Å². The summed E-state index contributed by atoms with van der Waals surface area (Å²) in [6.07, 6.45) is 1.06. The number of amides is 1. The van der Waals surface area contributed by atoms with Gasteiger partial charge in [-0.1, -0.05) is 20.8 Å². The lowest BCUT2D eigenvalue weighted by atomic mass is 9.88. The molecule has 1 fully saturated rings. The second kappa shape index (κ2) is 3.66. The molecule has 0 bridgehead atoms. The maximum Gasteiger partial charge on any atom is 0.237 e. The third kappa shape index (κ3) is 2.99. The molecule has 1 saturated heterocycles. The summed E-state index contributed by atoms with van der Waals surface area (Å²) in [4.78, 5) is 13.3. The van der Waals surface area contributed by atoms with E-state index in [1.165, 1.54) is 0 Å². The fourth-order valence-corrected chi connectivity index (χ4v) is 1.87. The molecule has 1 amide bonds. The summed E-state index contributed by atoms with van der Waals surface area (Å²) in [6, 6.07) is 0.350. The maximum absolute atomic E-state index is 11.4. The Bertz CT molecular complexity index is 196. The van der Waals surface area contributed by atoms with Gasteiger partial charge in [0.25, 0.3) is 0 Å². The summed E-state index contributed by atoms with van der Waals surface area (Å²) in [5, 5.41) is 3.07. The van der Waals surface area contributed by atoms with E-state index in [-0.39, 0.29) is 5.91 Å². The van der Waals surface area contributed by atoms with Crippen molar-refractivity contribution in [1.82, 2.24) is 10.2 Å². The van der Waals surface area contributed by atoms with E-state index in [0.717, 1.165) is 13.1 Å². The van der Waals surface area contributed by atoms with Gasteiger partial charge in [-0.2, -0.15) is 0 Å². The van der Waals surface area contributed by atoms with Crippen LogP contribution in [0.15, 0.2) is 0 Å². The lowest BCUT2D eigenvalue weighted by Crippen LogP contribution is -2.37. The second-order valence-corrected chi connectivity index (χ2v) is 5.06. The minimum absolute atomic E-state index is 0.233. The highest BCUT2D eigenvalue weighted by atomic mass is 16.2. The summed E-state index contributed by atoms with van der Waals surface area (Å²) in [6.45, 7) is 9.97. The zero-order chi connectivity index (χ0) is 10.1. The van der Waals surface area contributed by atoms with Crippen molar-refractivity contribution >= 4 is 5.91 Å². The Balaban J connectivity index is 2.47. The number of hydrogen-bond acceptors (Lipinski definition) is 2. The molecule has 1 aliphatic rings. The lowest BCUT2D eigenvalue weighted by Gasteiger charge is -2.29. The number of nitrogens with one attached hydrogen (secondary N) is 1. The number of rotatable bonds is 2. The highest BCUT2D eigenvalue weighted by molar-refractivity contribution is 5.80. The van der Waals surface area contributed by atoms with Gasteiger partial charge in [0.15, 0.2) is 0 Å². The lowest BCUT2D eigenvalue weighted by molar-refractivity contribution is -0.128. The Labute approximate surface area is 80.5 Å². The molecular formula is C10H20N2O. The van der Waals surface area contributed by atoms with Crippen molar-refractivity contribution < 1.29 is 4.79 Å². The van der Waals surface area contributed by atoms with Crippen LogP contribution in [0.25, 0.3) is 0 Å². The van der Waals surface area contributed by atoms with Gasteiger partial charge in [-0.3, -0.25) is 10.1 Å². The molecule has 0 aromatic heterocycles. The van der Waals surface area contributed by atoms with E-state index in [0.29, 0.717) is 18.0 Å². The Morgan fingerprint density at radius 3 is 2.54 bits per heavy atom. The summed E-state index contributed by atoms with van der Waals surface area (Å²) < 4.78 is 0. The van der Waals surface area contributed by atoms with Crippen LogP contribution >= 0.6 is 0 Å². The van der Waals surface area contributed by atoms with Crippen LogP contribution in [-0.4, -0.2) is 30.1 Å². The predicted octanol–water partition coefficient (Wildman–Crippen LogP) is 1.20. The van der Waals surface area contributed by atoms with Crippen LogP contribution in [0.3, 0.4) is 0 Å². The third-order valence-electron chi connectivity index (χ3n) is 2.32. The molecule has 0 saturated carbocycles. The third-order valence-corrected chi connectivity index (χ3v) is 2.32. The Hall–Kier alpha value is -0.570. The van der Waals surface area contributed by atoms with E-state index < -0.39 is 0 Å². The van der Waals surface area contributed by atoms with Crippen molar-refractivity contribution in [2.45, 2.75) is 40.2 Å². The van der Waals surface area contributed by atoms with E-state index in [1.807, 2.05) is 4.90 Å². The molecule has 0 aromatic carbocycles. The number of hydrogen-bond donors (Lipinski definition) is 1. The second-order valence-electron chi connectivity index (χ2n) is 5.06. The van der Waals surface area contributed by atoms with Gasteiger partial charge in [-0.15, -0.1) is 0 Å². The van der Waals surface area contributed by atoms with E-state index >= 15 is 0 Å². The normalized spacial score (nSPS) is 20.9. The molecule has 1 aliphatic heterocycles. The fourth-order valence-electron chi connectivity index (χ4n) is 1.87. The summed E-state index contributed by atoms with van der Waals surface area (Å²) in [5.41, 5.74) is 0.294. The van der Waals surface area contributed by atoms with Crippen molar-refractivity contribution in [2.75, 3.05) is 13.2 Å². The maximum atomic E-state index is 11.4. The van der Waals surface area contributed by atoms with E-state index in [2.05, 4.69) is 33.0 Å². The summed E-state index contributed by atoms with van der Waals surface area (Å²) in [5.74, 6) is 0.233. The molecule has 1 heterocycles. The van der Waals surface area contributed by atoms with Gasteiger partial charge < -0.3 is 4.90 Å². The predicted molar refractivity (Wildman–Crippen MR) is 53.2 cm³/mol. The van der Waals surface area contributed by atoms with Gasteiger partial charge in [-0.05, 0) is 18.8 Å². The van der Waals surface area contributed by atoms with Crippen LogP contribution < -0.4 is 5.32 Å². The Kier molecular flexibility index (Phi) is 2.96. The van der Waals surface area contributed by atoms with E-state index in [4.69, 9.17) is 0 Å². The smallest absolute Gasteiger partial charge is 0.237 e. The first-order valence-electron chi connectivity index (χ1n) is 4.90. The highest BCUT2D eigenvalue weighted by Crippen LogP contribution is 2.23. The largest absolute Gasteiger partial charge is 0.326 e. The van der Waals surface area contributed by atoms with Crippen LogP contribution in [0.1, 0.15) is 34.1 Å². The number of nitrogens with zero attached hydrogens (tertiary/aromatic N) is 1. The van der Waals surface area contributed by atoms with Crippen molar-refractivity contribution in [3.05, 3.63) is 0 Å². The fraction of sp³-hybridized carbons (Fsp3) is 0.900. The van der Waals surface area contributed by atoms with Gasteiger partial charge in [0, 0.05) is 6.04 Å². The molecule has 0 aromatic rings. The van der Waals surface area contributed by atoms with Crippen LogP contribution in [0.2, 0.25) is 0 Å². The minimum atomic E-state index is 0.233. The topological polar surface area (TPSA) is 32.3 Å². The first-order chi connectivity index (χ1) is 5.90. The zero-order valence-corrected chi connectivity index (χ0v) is 9.05. The van der Waals surface area contributed by atoms with Crippen LogP contribution in [-0.2, 0) is 4.79 Å².